The number of carboxylic acid groups (broad SMARTS) is 1. The molecule has 0 atom stereocenters. The molecule has 3 rings (SSSR count). The second-order valence-electron chi connectivity index (χ2n) is 5.56. The van der Waals surface area contributed by atoms with Crippen LogP contribution in [0.3, 0.4) is 0 Å². The van der Waals surface area contributed by atoms with Gasteiger partial charge in [0.05, 0.1) is 16.6 Å². The maximum Gasteiger partial charge on any atom is 0.335 e. The van der Waals surface area contributed by atoms with E-state index >= 15 is 0 Å². The molecule has 2 heterocycles. The quantitative estimate of drug-likeness (QED) is 0.940. The Balaban J connectivity index is 2.00. The number of hydrogen-bond donors (Lipinski definition) is 1. The Morgan fingerprint density at radius 2 is 2.19 bits per heavy atom. The third-order valence-electron chi connectivity index (χ3n) is 4.17. The molecule has 0 amide bonds. The van der Waals surface area contributed by atoms with Crippen molar-refractivity contribution in [3.63, 3.8) is 0 Å². The van der Waals surface area contributed by atoms with Gasteiger partial charge in [-0.2, -0.15) is 11.8 Å². The number of thioether (sulfide) groups is 1. The van der Waals surface area contributed by atoms with E-state index in [0.29, 0.717) is 11.5 Å². The summed E-state index contributed by atoms with van der Waals surface area (Å²) in [5, 5.41) is 9.19. The van der Waals surface area contributed by atoms with Crippen LogP contribution in [0.25, 0.3) is 11.0 Å². The molecule has 0 saturated carbocycles. The third kappa shape index (κ3) is 2.93. The third-order valence-corrected chi connectivity index (χ3v) is 5.22. The van der Waals surface area contributed by atoms with Crippen LogP contribution in [0.2, 0.25) is 0 Å². The Morgan fingerprint density at radius 3 is 2.86 bits per heavy atom. The van der Waals surface area contributed by atoms with Crippen LogP contribution in [0.15, 0.2) is 18.2 Å². The van der Waals surface area contributed by atoms with Gasteiger partial charge in [0.25, 0.3) is 0 Å². The summed E-state index contributed by atoms with van der Waals surface area (Å²) in [7, 11) is 0. The molecule has 1 aromatic heterocycles. The van der Waals surface area contributed by atoms with Gasteiger partial charge in [0, 0.05) is 13.0 Å². The smallest absolute Gasteiger partial charge is 0.335 e. The van der Waals surface area contributed by atoms with Crippen LogP contribution in [0.1, 0.15) is 35.9 Å². The zero-order valence-electron chi connectivity index (χ0n) is 12.2. The van der Waals surface area contributed by atoms with Crippen molar-refractivity contribution < 1.29 is 9.90 Å². The second kappa shape index (κ2) is 6.10. The van der Waals surface area contributed by atoms with Crippen molar-refractivity contribution in [2.45, 2.75) is 32.7 Å². The molecule has 2 aromatic rings. The molecular weight excluding hydrogens is 284 g/mol. The van der Waals surface area contributed by atoms with Crippen molar-refractivity contribution in [3.8, 4) is 0 Å². The minimum Gasteiger partial charge on any atom is -0.478 e. The highest BCUT2D eigenvalue weighted by Crippen LogP contribution is 2.27. The number of nitrogens with zero attached hydrogens (tertiary/aromatic N) is 2. The van der Waals surface area contributed by atoms with Gasteiger partial charge in [-0.3, -0.25) is 0 Å². The first kappa shape index (κ1) is 14.4. The highest BCUT2D eigenvalue weighted by Gasteiger charge is 2.18. The number of aromatic nitrogens is 2. The van der Waals surface area contributed by atoms with Gasteiger partial charge in [-0.1, -0.05) is 6.92 Å². The lowest BCUT2D eigenvalue weighted by Crippen LogP contribution is -2.17. The number of hydrogen-bond acceptors (Lipinski definition) is 3. The Hall–Kier alpha value is -1.49. The van der Waals surface area contributed by atoms with Gasteiger partial charge in [0.15, 0.2) is 0 Å². The van der Waals surface area contributed by atoms with Gasteiger partial charge >= 0.3 is 5.97 Å². The second-order valence-corrected chi connectivity index (χ2v) is 6.78. The lowest BCUT2D eigenvalue weighted by Gasteiger charge is -2.23. The van der Waals surface area contributed by atoms with Crippen molar-refractivity contribution in [2.24, 2.45) is 5.92 Å². The summed E-state index contributed by atoms with van der Waals surface area (Å²) in [5.41, 5.74) is 2.21. The predicted molar refractivity (Wildman–Crippen MR) is 86.1 cm³/mol. The van der Waals surface area contributed by atoms with Crippen LogP contribution in [-0.2, 0) is 13.0 Å². The molecule has 1 saturated heterocycles. The van der Waals surface area contributed by atoms with E-state index in [1.807, 2.05) is 17.8 Å². The average Bonchev–Trinajstić information content (AvgIpc) is 2.85. The zero-order chi connectivity index (χ0) is 14.8. The molecule has 0 spiro atoms. The van der Waals surface area contributed by atoms with Crippen LogP contribution < -0.4 is 0 Å². The Labute approximate surface area is 128 Å². The summed E-state index contributed by atoms with van der Waals surface area (Å²) in [6.45, 7) is 3.07. The van der Waals surface area contributed by atoms with E-state index in [1.165, 1.54) is 24.3 Å². The molecule has 21 heavy (non-hydrogen) atoms. The van der Waals surface area contributed by atoms with Crippen molar-refractivity contribution in [1.82, 2.24) is 9.55 Å². The summed E-state index contributed by atoms with van der Waals surface area (Å²) in [6.07, 6.45) is 3.36. The predicted octanol–water partition coefficient (Wildman–Crippen LogP) is 3.44. The molecule has 1 fully saturated rings. The van der Waals surface area contributed by atoms with Crippen molar-refractivity contribution in [1.29, 1.82) is 0 Å². The monoisotopic (exact) mass is 304 g/mol. The molecule has 5 heteroatoms. The Morgan fingerprint density at radius 1 is 1.43 bits per heavy atom. The number of carbonyl (C=O) groups is 1. The molecule has 4 nitrogen and oxygen atoms in total. The molecule has 1 aliphatic rings. The van der Waals surface area contributed by atoms with Crippen molar-refractivity contribution >= 4 is 28.8 Å². The number of imidazole rings is 1. The lowest BCUT2D eigenvalue weighted by molar-refractivity contribution is 0.0697. The highest BCUT2D eigenvalue weighted by molar-refractivity contribution is 7.99. The number of carboxylic acids is 1. The largest absolute Gasteiger partial charge is 0.478 e. The van der Waals surface area contributed by atoms with E-state index < -0.39 is 5.97 Å². The Bertz CT molecular complexity index is 660. The fourth-order valence-corrected chi connectivity index (χ4v) is 4.17. The zero-order valence-corrected chi connectivity index (χ0v) is 13.0. The summed E-state index contributed by atoms with van der Waals surface area (Å²) in [6, 6.07) is 5.23. The van der Waals surface area contributed by atoms with Crippen molar-refractivity contribution in [3.05, 3.63) is 29.6 Å². The minimum absolute atomic E-state index is 0.338. The highest BCUT2D eigenvalue weighted by atomic mass is 32.2. The van der Waals surface area contributed by atoms with Gasteiger partial charge < -0.3 is 9.67 Å². The fourth-order valence-electron chi connectivity index (χ4n) is 2.97. The van der Waals surface area contributed by atoms with Crippen LogP contribution in [0, 0.1) is 5.92 Å². The summed E-state index contributed by atoms with van der Waals surface area (Å²) in [5.74, 6) is 3.34. The van der Waals surface area contributed by atoms with E-state index in [2.05, 4.69) is 16.5 Å². The van der Waals surface area contributed by atoms with E-state index in [9.17, 15) is 9.90 Å². The van der Waals surface area contributed by atoms with E-state index in [4.69, 9.17) is 0 Å². The molecule has 1 aliphatic heterocycles. The van der Waals surface area contributed by atoms with E-state index in [-0.39, 0.29) is 0 Å². The van der Waals surface area contributed by atoms with Crippen LogP contribution in [-0.4, -0.2) is 32.1 Å². The lowest BCUT2D eigenvalue weighted by atomic mass is 10.0. The topological polar surface area (TPSA) is 55.1 Å². The maximum absolute atomic E-state index is 11.2. The first-order valence-electron chi connectivity index (χ1n) is 7.49. The van der Waals surface area contributed by atoms with Gasteiger partial charge in [0.2, 0.25) is 0 Å². The number of aryl methyl sites for hydroxylation is 1. The first-order chi connectivity index (χ1) is 10.2. The fraction of sp³-hybridized carbons (Fsp3) is 0.500. The number of rotatable bonds is 4. The maximum atomic E-state index is 11.2. The molecule has 1 aromatic carbocycles. The molecular formula is C16H20N2O2S. The number of benzene rings is 1. The molecule has 0 radical (unpaired) electrons. The Kier molecular flexibility index (Phi) is 4.19. The van der Waals surface area contributed by atoms with Crippen LogP contribution >= 0.6 is 11.8 Å². The molecule has 0 bridgehead atoms. The molecule has 0 aliphatic carbocycles. The van der Waals surface area contributed by atoms with Crippen molar-refractivity contribution in [2.75, 3.05) is 11.5 Å². The summed E-state index contributed by atoms with van der Waals surface area (Å²) >= 11 is 2.03. The summed E-state index contributed by atoms with van der Waals surface area (Å²) < 4.78 is 2.24. The SMILES string of the molecule is CCc1nc2ccc(C(=O)O)cc2n1CC1CCSCC1. The normalized spacial score (nSPS) is 16.4. The standard InChI is InChI=1S/C16H20N2O2S/c1-2-15-17-13-4-3-12(16(19)20)9-14(13)18(15)10-11-5-7-21-8-6-11/h3-4,9,11H,2,5-8,10H2,1H3,(H,19,20). The minimum atomic E-state index is -0.878. The number of aromatic carboxylic acids is 1. The first-order valence-corrected chi connectivity index (χ1v) is 8.64. The summed E-state index contributed by atoms with van der Waals surface area (Å²) in [4.78, 5) is 15.9. The molecule has 1 N–H and O–H groups in total. The van der Waals surface area contributed by atoms with Gasteiger partial charge in [-0.15, -0.1) is 0 Å². The van der Waals surface area contributed by atoms with Gasteiger partial charge in [-0.05, 0) is 48.5 Å². The average molecular weight is 304 g/mol. The molecule has 0 unspecified atom stereocenters. The molecule has 112 valence electrons. The van der Waals surface area contributed by atoms with Gasteiger partial charge in [-0.25, -0.2) is 9.78 Å². The van der Waals surface area contributed by atoms with E-state index in [1.54, 1.807) is 12.1 Å². The van der Waals surface area contributed by atoms with Gasteiger partial charge in [0.1, 0.15) is 5.82 Å². The number of fused-ring (bicyclic) bond motifs is 1. The van der Waals surface area contributed by atoms with E-state index in [0.717, 1.165) is 29.8 Å². The van der Waals surface area contributed by atoms with Crippen LogP contribution in [0.4, 0.5) is 0 Å². The van der Waals surface area contributed by atoms with Crippen LogP contribution in [0.5, 0.6) is 0 Å².